The Bertz CT molecular complexity index is 1240. The molecule has 1 aromatic heterocycles. The quantitative estimate of drug-likeness (QED) is 0.688. The SMILES string of the molecule is N#Cc1cc(C(=O)c2cc(F)ccc2O)cn(-c2ccc3c(c2)OCCO3)c1=O. The zero-order chi connectivity index (χ0) is 20.5. The van der Waals surface area contributed by atoms with Gasteiger partial charge in [-0.25, -0.2) is 4.39 Å². The highest BCUT2D eigenvalue weighted by atomic mass is 19.1. The van der Waals surface area contributed by atoms with Crippen LogP contribution in [0.25, 0.3) is 5.69 Å². The van der Waals surface area contributed by atoms with E-state index in [1.165, 1.54) is 6.20 Å². The van der Waals surface area contributed by atoms with E-state index in [1.54, 1.807) is 24.3 Å². The number of fused-ring (bicyclic) bond motifs is 1. The molecule has 1 N–H and O–H groups in total. The summed E-state index contributed by atoms with van der Waals surface area (Å²) < 4.78 is 25.6. The van der Waals surface area contributed by atoms with Gasteiger partial charge in [0, 0.05) is 17.8 Å². The lowest BCUT2D eigenvalue weighted by molar-refractivity contribution is 0.103. The van der Waals surface area contributed by atoms with Gasteiger partial charge in [0.25, 0.3) is 5.56 Å². The number of phenolic OH excluding ortho intramolecular Hbond substituents is 1. The predicted octanol–water partition coefficient (Wildman–Crippen LogP) is 2.56. The summed E-state index contributed by atoms with van der Waals surface area (Å²) in [5.41, 5.74) is -0.891. The number of aromatic nitrogens is 1. The van der Waals surface area contributed by atoms with Crippen molar-refractivity contribution in [3.63, 3.8) is 0 Å². The molecule has 0 atom stereocenters. The van der Waals surface area contributed by atoms with E-state index < -0.39 is 22.9 Å². The van der Waals surface area contributed by atoms with Gasteiger partial charge in [0.05, 0.1) is 11.3 Å². The molecular formula is C21H13FN2O5. The number of ether oxygens (including phenoxy) is 2. The minimum absolute atomic E-state index is 0.0584. The molecule has 0 saturated carbocycles. The van der Waals surface area contributed by atoms with E-state index in [-0.39, 0.29) is 16.7 Å². The standard InChI is InChI=1S/C21H13FN2O5/c22-14-1-3-17(25)16(8-14)20(26)13-7-12(10-23)21(27)24(11-13)15-2-4-18-19(9-15)29-6-5-28-18/h1-4,7-9,11,25H,5-6H2. The highest BCUT2D eigenvalue weighted by molar-refractivity contribution is 6.10. The number of nitriles is 1. The van der Waals surface area contributed by atoms with Gasteiger partial charge >= 0.3 is 0 Å². The molecule has 0 spiro atoms. The number of halogens is 1. The Balaban J connectivity index is 1.86. The lowest BCUT2D eigenvalue weighted by Gasteiger charge is -2.19. The number of rotatable bonds is 3. The molecule has 29 heavy (non-hydrogen) atoms. The average molecular weight is 392 g/mol. The topological polar surface area (TPSA) is 102 Å². The second-order valence-corrected chi connectivity index (χ2v) is 6.25. The molecular weight excluding hydrogens is 379 g/mol. The molecule has 8 heteroatoms. The molecule has 1 aliphatic rings. The van der Waals surface area contributed by atoms with E-state index in [0.29, 0.717) is 30.4 Å². The van der Waals surface area contributed by atoms with Gasteiger partial charge < -0.3 is 14.6 Å². The van der Waals surface area contributed by atoms with Gasteiger partial charge in [-0.3, -0.25) is 14.2 Å². The first-order valence-corrected chi connectivity index (χ1v) is 8.58. The molecule has 3 aromatic rings. The van der Waals surface area contributed by atoms with Crippen LogP contribution in [-0.2, 0) is 0 Å². The van der Waals surface area contributed by atoms with Crippen LogP contribution in [0.15, 0.2) is 53.5 Å². The number of nitrogens with zero attached hydrogens (tertiary/aromatic N) is 2. The van der Waals surface area contributed by atoms with E-state index in [0.717, 1.165) is 28.8 Å². The van der Waals surface area contributed by atoms with Crippen LogP contribution >= 0.6 is 0 Å². The van der Waals surface area contributed by atoms with Gasteiger partial charge in [0.15, 0.2) is 17.3 Å². The highest BCUT2D eigenvalue weighted by Gasteiger charge is 2.19. The van der Waals surface area contributed by atoms with Crippen LogP contribution in [0.4, 0.5) is 4.39 Å². The van der Waals surface area contributed by atoms with Crippen LogP contribution in [0.5, 0.6) is 17.2 Å². The Hall–Kier alpha value is -4.12. The van der Waals surface area contributed by atoms with Crippen molar-refractivity contribution in [2.24, 2.45) is 0 Å². The Morgan fingerprint density at radius 1 is 1.10 bits per heavy atom. The van der Waals surface area contributed by atoms with Crippen molar-refractivity contribution in [2.75, 3.05) is 13.2 Å². The maximum Gasteiger partial charge on any atom is 0.273 e. The van der Waals surface area contributed by atoms with E-state index in [9.17, 15) is 24.3 Å². The zero-order valence-electron chi connectivity index (χ0n) is 14.9. The number of benzene rings is 2. The summed E-state index contributed by atoms with van der Waals surface area (Å²) in [6.45, 7) is 0.762. The molecule has 1 aliphatic heterocycles. The van der Waals surface area contributed by atoms with Crippen LogP contribution in [0, 0.1) is 17.1 Å². The van der Waals surface area contributed by atoms with E-state index >= 15 is 0 Å². The molecule has 0 fully saturated rings. The fraction of sp³-hybridized carbons (Fsp3) is 0.0952. The summed E-state index contributed by atoms with van der Waals surface area (Å²) in [4.78, 5) is 25.5. The molecule has 0 aliphatic carbocycles. The van der Waals surface area contributed by atoms with Crippen LogP contribution in [-0.4, -0.2) is 28.7 Å². The maximum absolute atomic E-state index is 13.5. The minimum Gasteiger partial charge on any atom is -0.507 e. The molecule has 4 rings (SSSR count). The van der Waals surface area contributed by atoms with E-state index in [2.05, 4.69) is 0 Å². The molecule has 0 unspecified atom stereocenters. The fourth-order valence-electron chi connectivity index (χ4n) is 3.01. The molecule has 7 nitrogen and oxygen atoms in total. The van der Waals surface area contributed by atoms with E-state index in [4.69, 9.17) is 9.47 Å². The first-order chi connectivity index (χ1) is 14.0. The highest BCUT2D eigenvalue weighted by Crippen LogP contribution is 2.32. The number of pyridine rings is 1. The second kappa shape index (κ2) is 7.13. The van der Waals surface area contributed by atoms with Crippen LogP contribution in [0.2, 0.25) is 0 Å². The number of hydrogen-bond acceptors (Lipinski definition) is 6. The molecule has 0 saturated heterocycles. The summed E-state index contributed by atoms with van der Waals surface area (Å²) in [7, 11) is 0. The first kappa shape index (κ1) is 18.3. The predicted molar refractivity (Wildman–Crippen MR) is 99.2 cm³/mol. The van der Waals surface area contributed by atoms with Crippen LogP contribution in [0.3, 0.4) is 0 Å². The van der Waals surface area contributed by atoms with Gasteiger partial charge in [-0.2, -0.15) is 5.26 Å². The molecule has 2 heterocycles. The lowest BCUT2D eigenvalue weighted by atomic mass is 10.0. The second-order valence-electron chi connectivity index (χ2n) is 6.25. The molecule has 0 bridgehead atoms. The molecule has 0 radical (unpaired) electrons. The third kappa shape index (κ3) is 3.30. The monoisotopic (exact) mass is 392 g/mol. The molecule has 144 valence electrons. The van der Waals surface area contributed by atoms with Gasteiger partial charge in [0.2, 0.25) is 0 Å². The third-order valence-electron chi connectivity index (χ3n) is 4.41. The summed E-state index contributed by atoms with van der Waals surface area (Å²) >= 11 is 0. The van der Waals surface area contributed by atoms with Crippen molar-refractivity contribution in [3.05, 3.63) is 81.5 Å². The summed E-state index contributed by atoms with van der Waals surface area (Å²) in [5, 5.41) is 19.2. The summed E-state index contributed by atoms with van der Waals surface area (Å²) in [6, 6.07) is 10.6. The largest absolute Gasteiger partial charge is 0.507 e. The number of carbonyl (C=O) groups excluding carboxylic acids is 1. The van der Waals surface area contributed by atoms with Crippen molar-refractivity contribution in [2.45, 2.75) is 0 Å². The number of aromatic hydroxyl groups is 1. The number of ketones is 1. The Labute approximate surface area is 163 Å². The number of phenols is 1. The fourth-order valence-corrected chi connectivity index (χ4v) is 3.01. The lowest BCUT2D eigenvalue weighted by Crippen LogP contribution is -2.23. The first-order valence-electron chi connectivity index (χ1n) is 8.58. The number of carbonyl (C=O) groups is 1. The van der Waals surface area contributed by atoms with E-state index in [1.807, 2.05) is 0 Å². The number of hydrogen-bond donors (Lipinski definition) is 1. The Morgan fingerprint density at radius 3 is 2.62 bits per heavy atom. The van der Waals surface area contributed by atoms with Gasteiger partial charge in [-0.1, -0.05) is 0 Å². The zero-order valence-corrected chi connectivity index (χ0v) is 14.9. The van der Waals surface area contributed by atoms with Crippen molar-refractivity contribution in [1.82, 2.24) is 4.57 Å². The normalized spacial score (nSPS) is 12.3. The van der Waals surface area contributed by atoms with Gasteiger partial charge in [-0.15, -0.1) is 0 Å². The molecule has 0 amide bonds. The van der Waals surface area contributed by atoms with Crippen molar-refractivity contribution in [3.8, 4) is 29.0 Å². The van der Waals surface area contributed by atoms with Crippen molar-refractivity contribution < 1.29 is 23.8 Å². The minimum atomic E-state index is -0.732. The maximum atomic E-state index is 13.5. The van der Waals surface area contributed by atoms with Crippen LogP contribution < -0.4 is 15.0 Å². The van der Waals surface area contributed by atoms with Gasteiger partial charge in [-0.05, 0) is 36.4 Å². The van der Waals surface area contributed by atoms with Crippen molar-refractivity contribution >= 4 is 5.78 Å². The Morgan fingerprint density at radius 2 is 1.86 bits per heavy atom. The summed E-state index contributed by atoms with van der Waals surface area (Å²) in [5.74, 6) is -0.896. The third-order valence-corrected chi connectivity index (χ3v) is 4.41. The Kier molecular flexibility index (Phi) is 4.49. The van der Waals surface area contributed by atoms with Crippen LogP contribution in [0.1, 0.15) is 21.5 Å². The molecule has 2 aromatic carbocycles. The van der Waals surface area contributed by atoms with Gasteiger partial charge in [0.1, 0.15) is 36.4 Å². The smallest absolute Gasteiger partial charge is 0.273 e. The van der Waals surface area contributed by atoms with Crippen molar-refractivity contribution in [1.29, 1.82) is 5.26 Å². The average Bonchev–Trinajstić information content (AvgIpc) is 2.74. The summed E-state index contributed by atoms with van der Waals surface area (Å²) in [6.07, 6.45) is 1.24.